The Morgan fingerprint density at radius 3 is 2.82 bits per heavy atom. The molecule has 2 rings (SSSR count). The van der Waals surface area contributed by atoms with Gasteiger partial charge in [0.15, 0.2) is 0 Å². The molecule has 0 aliphatic heterocycles. The summed E-state index contributed by atoms with van der Waals surface area (Å²) in [5.74, 6) is 0.378. The molecule has 0 aromatic heterocycles. The predicted molar refractivity (Wildman–Crippen MR) is 66.5 cm³/mol. The molecular weight excluding hydrogens is 217 g/mol. The number of halogens is 1. The largest absolute Gasteiger partial charge is 0.396 e. The molecule has 0 amide bonds. The SMILES string of the molecule is OCCCCNC1CC(c2cccc(F)c2)C1. The smallest absolute Gasteiger partial charge is 0.123 e. The lowest BCUT2D eigenvalue weighted by Gasteiger charge is -2.36. The van der Waals surface area contributed by atoms with Crippen molar-refractivity contribution in [3.8, 4) is 0 Å². The molecular formula is C14H20FNO. The summed E-state index contributed by atoms with van der Waals surface area (Å²) in [5, 5.41) is 12.1. The van der Waals surface area contributed by atoms with E-state index in [1.54, 1.807) is 12.1 Å². The van der Waals surface area contributed by atoms with Crippen molar-refractivity contribution in [1.29, 1.82) is 0 Å². The standard InChI is InChI=1S/C14H20FNO/c15-13-5-3-4-11(8-13)12-9-14(10-12)16-6-1-2-7-17/h3-5,8,12,14,16-17H,1-2,6-7,9-10H2. The Balaban J connectivity index is 1.68. The second kappa shape index (κ2) is 6.12. The fourth-order valence-electron chi connectivity index (χ4n) is 2.36. The molecule has 94 valence electrons. The summed E-state index contributed by atoms with van der Waals surface area (Å²) in [6.07, 6.45) is 4.09. The first-order valence-corrected chi connectivity index (χ1v) is 6.39. The maximum Gasteiger partial charge on any atom is 0.123 e. The molecule has 1 aromatic rings. The Kier molecular flexibility index (Phi) is 4.51. The fraction of sp³-hybridized carbons (Fsp3) is 0.571. The van der Waals surface area contributed by atoms with Gasteiger partial charge >= 0.3 is 0 Å². The van der Waals surface area contributed by atoms with Gasteiger partial charge in [-0.1, -0.05) is 12.1 Å². The van der Waals surface area contributed by atoms with E-state index in [2.05, 4.69) is 5.32 Å². The number of aliphatic hydroxyl groups excluding tert-OH is 1. The second-order valence-corrected chi connectivity index (χ2v) is 4.81. The van der Waals surface area contributed by atoms with Gasteiger partial charge in [-0.3, -0.25) is 0 Å². The number of hydrogen-bond donors (Lipinski definition) is 2. The van der Waals surface area contributed by atoms with Gasteiger partial charge in [0.1, 0.15) is 5.82 Å². The zero-order chi connectivity index (χ0) is 12.1. The van der Waals surface area contributed by atoms with Gasteiger partial charge in [0.2, 0.25) is 0 Å². The van der Waals surface area contributed by atoms with E-state index in [1.165, 1.54) is 6.07 Å². The Morgan fingerprint density at radius 2 is 2.12 bits per heavy atom. The topological polar surface area (TPSA) is 32.3 Å². The molecule has 1 aromatic carbocycles. The van der Waals surface area contributed by atoms with Crippen LogP contribution in [0.15, 0.2) is 24.3 Å². The van der Waals surface area contributed by atoms with Gasteiger partial charge in [-0.25, -0.2) is 4.39 Å². The van der Waals surface area contributed by atoms with Crippen molar-refractivity contribution in [3.63, 3.8) is 0 Å². The Labute approximate surface area is 102 Å². The van der Waals surface area contributed by atoms with E-state index in [1.807, 2.05) is 6.07 Å². The van der Waals surface area contributed by atoms with Crippen molar-refractivity contribution in [1.82, 2.24) is 5.32 Å². The zero-order valence-electron chi connectivity index (χ0n) is 10.0. The van der Waals surface area contributed by atoms with E-state index < -0.39 is 0 Å². The number of hydrogen-bond acceptors (Lipinski definition) is 2. The molecule has 0 spiro atoms. The van der Waals surface area contributed by atoms with Crippen molar-refractivity contribution in [3.05, 3.63) is 35.6 Å². The maximum atomic E-state index is 13.0. The highest BCUT2D eigenvalue weighted by molar-refractivity contribution is 5.23. The molecule has 0 bridgehead atoms. The van der Waals surface area contributed by atoms with Gasteiger partial charge < -0.3 is 10.4 Å². The van der Waals surface area contributed by atoms with E-state index >= 15 is 0 Å². The van der Waals surface area contributed by atoms with Gasteiger partial charge in [0.25, 0.3) is 0 Å². The summed E-state index contributed by atoms with van der Waals surface area (Å²) in [7, 11) is 0. The lowest BCUT2D eigenvalue weighted by atomic mass is 9.76. The van der Waals surface area contributed by atoms with Crippen molar-refractivity contribution < 1.29 is 9.50 Å². The maximum absolute atomic E-state index is 13.0. The third-order valence-corrected chi connectivity index (χ3v) is 3.48. The van der Waals surface area contributed by atoms with Crippen molar-refractivity contribution in [2.45, 2.75) is 37.6 Å². The van der Waals surface area contributed by atoms with Crippen molar-refractivity contribution in [2.24, 2.45) is 0 Å². The summed E-state index contributed by atoms with van der Waals surface area (Å²) in [5.41, 5.74) is 1.12. The monoisotopic (exact) mass is 237 g/mol. The lowest BCUT2D eigenvalue weighted by Crippen LogP contribution is -2.40. The van der Waals surface area contributed by atoms with E-state index in [4.69, 9.17) is 5.11 Å². The Bertz CT molecular complexity index is 350. The number of nitrogens with one attached hydrogen (secondary N) is 1. The zero-order valence-corrected chi connectivity index (χ0v) is 10.0. The van der Waals surface area contributed by atoms with E-state index in [-0.39, 0.29) is 12.4 Å². The number of benzene rings is 1. The number of rotatable bonds is 6. The van der Waals surface area contributed by atoms with Crippen LogP contribution < -0.4 is 5.32 Å². The molecule has 0 saturated heterocycles. The van der Waals surface area contributed by atoms with Crippen LogP contribution in [0.25, 0.3) is 0 Å². The molecule has 1 aliphatic carbocycles. The van der Waals surface area contributed by atoms with Crippen LogP contribution in [0.5, 0.6) is 0 Å². The molecule has 2 nitrogen and oxygen atoms in total. The van der Waals surface area contributed by atoms with Crippen LogP contribution >= 0.6 is 0 Å². The summed E-state index contributed by atoms with van der Waals surface area (Å²) in [6, 6.07) is 7.50. The van der Waals surface area contributed by atoms with Crippen molar-refractivity contribution >= 4 is 0 Å². The molecule has 2 N–H and O–H groups in total. The number of unbranched alkanes of at least 4 members (excludes halogenated alkanes) is 1. The van der Waals surface area contributed by atoms with Gasteiger partial charge in [-0.05, 0) is 55.8 Å². The minimum absolute atomic E-state index is 0.137. The fourth-order valence-corrected chi connectivity index (χ4v) is 2.36. The first-order chi connectivity index (χ1) is 8.29. The highest BCUT2D eigenvalue weighted by Gasteiger charge is 2.29. The summed E-state index contributed by atoms with van der Waals surface area (Å²) in [6.45, 7) is 1.25. The first-order valence-electron chi connectivity index (χ1n) is 6.39. The van der Waals surface area contributed by atoms with E-state index in [0.717, 1.165) is 37.8 Å². The summed E-state index contributed by atoms with van der Waals surface area (Å²) in [4.78, 5) is 0. The van der Waals surface area contributed by atoms with E-state index in [0.29, 0.717) is 12.0 Å². The summed E-state index contributed by atoms with van der Waals surface area (Å²) < 4.78 is 13.0. The highest BCUT2D eigenvalue weighted by atomic mass is 19.1. The van der Waals surface area contributed by atoms with E-state index in [9.17, 15) is 4.39 Å². The predicted octanol–water partition coefficient (Wildman–Crippen LogP) is 2.43. The minimum atomic E-state index is -0.137. The number of aliphatic hydroxyl groups is 1. The van der Waals surface area contributed by atoms with Crippen LogP contribution in [-0.4, -0.2) is 24.3 Å². The molecule has 1 saturated carbocycles. The third kappa shape index (κ3) is 3.51. The molecule has 0 unspecified atom stereocenters. The van der Waals surface area contributed by atoms with Crippen LogP contribution in [0, 0.1) is 5.82 Å². The van der Waals surface area contributed by atoms with Crippen LogP contribution in [-0.2, 0) is 0 Å². The molecule has 1 aliphatic rings. The molecule has 0 heterocycles. The minimum Gasteiger partial charge on any atom is -0.396 e. The van der Waals surface area contributed by atoms with Crippen LogP contribution in [0.2, 0.25) is 0 Å². The normalized spacial score (nSPS) is 23.4. The second-order valence-electron chi connectivity index (χ2n) is 4.81. The van der Waals surface area contributed by atoms with Gasteiger partial charge in [-0.2, -0.15) is 0 Å². The van der Waals surface area contributed by atoms with Gasteiger partial charge in [-0.15, -0.1) is 0 Å². The molecule has 3 heteroatoms. The third-order valence-electron chi connectivity index (χ3n) is 3.48. The molecule has 0 atom stereocenters. The molecule has 17 heavy (non-hydrogen) atoms. The van der Waals surface area contributed by atoms with Crippen molar-refractivity contribution in [2.75, 3.05) is 13.2 Å². The van der Waals surface area contributed by atoms with Crippen LogP contribution in [0.1, 0.15) is 37.2 Å². The average Bonchev–Trinajstić information content (AvgIpc) is 2.26. The Morgan fingerprint density at radius 1 is 1.29 bits per heavy atom. The van der Waals surface area contributed by atoms with Gasteiger partial charge in [0.05, 0.1) is 0 Å². The first kappa shape index (κ1) is 12.5. The highest BCUT2D eigenvalue weighted by Crippen LogP contribution is 2.36. The quantitative estimate of drug-likeness (QED) is 0.745. The van der Waals surface area contributed by atoms with Crippen LogP contribution in [0.4, 0.5) is 4.39 Å². The average molecular weight is 237 g/mol. The van der Waals surface area contributed by atoms with Gasteiger partial charge in [0, 0.05) is 12.6 Å². The Hall–Kier alpha value is -0.930. The summed E-state index contributed by atoms with van der Waals surface area (Å²) >= 11 is 0. The lowest BCUT2D eigenvalue weighted by molar-refractivity contribution is 0.267. The molecule has 1 fully saturated rings. The van der Waals surface area contributed by atoms with Crippen LogP contribution in [0.3, 0.4) is 0 Å². The molecule has 0 radical (unpaired) electrons.